The van der Waals surface area contributed by atoms with Crippen molar-refractivity contribution in [2.24, 2.45) is 5.92 Å². The summed E-state index contributed by atoms with van der Waals surface area (Å²) < 4.78 is 23.4. The molecule has 0 saturated carbocycles. The van der Waals surface area contributed by atoms with E-state index in [1.54, 1.807) is 24.1 Å². The molecule has 0 spiro atoms. The summed E-state index contributed by atoms with van der Waals surface area (Å²) in [7, 11) is 0. The average molecular weight is 387 g/mol. The Kier molecular flexibility index (Phi) is 7.62. The van der Waals surface area contributed by atoms with Crippen LogP contribution in [0.2, 0.25) is 5.02 Å². The predicted octanol–water partition coefficient (Wildman–Crippen LogP) is 5.12. The van der Waals surface area contributed by atoms with Crippen LogP contribution in [0.25, 0.3) is 0 Å². The van der Waals surface area contributed by atoms with Crippen LogP contribution in [0, 0.1) is 11.7 Å². The number of piperidine rings is 1. The second-order valence-corrected chi connectivity index (χ2v) is 9.37. The molecule has 0 amide bonds. The number of hydrogen-bond donors (Lipinski definition) is 2. The van der Waals surface area contributed by atoms with Crippen LogP contribution in [0.4, 0.5) is 4.39 Å². The summed E-state index contributed by atoms with van der Waals surface area (Å²) >= 11 is 7.79. The number of halogens is 2. The normalized spacial score (nSPS) is 17.3. The lowest BCUT2D eigenvalue weighted by Crippen LogP contribution is -2.35. The molecule has 1 aromatic carbocycles. The Labute approximate surface area is 159 Å². The van der Waals surface area contributed by atoms with Gasteiger partial charge in [-0.3, -0.25) is 4.72 Å². The molecule has 1 aliphatic rings. The van der Waals surface area contributed by atoms with Gasteiger partial charge in [-0.2, -0.15) is 0 Å². The third-order valence-electron chi connectivity index (χ3n) is 4.09. The molecule has 140 valence electrons. The van der Waals surface area contributed by atoms with Crippen molar-refractivity contribution in [3.63, 3.8) is 0 Å². The first-order valence-electron chi connectivity index (χ1n) is 8.68. The molecule has 25 heavy (non-hydrogen) atoms. The maximum Gasteiger partial charge on any atom is 0.145 e. The Morgan fingerprint density at radius 3 is 2.72 bits per heavy atom. The predicted molar refractivity (Wildman–Crippen MR) is 106 cm³/mol. The van der Waals surface area contributed by atoms with Gasteiger partial charge in [0.1, 0.15) is 18.2 Å². The van der Waals surface area contributed by atoms with Crippen LogP contribution in [0.15, 0.2) is 24.8 Å². The summed E-state index contributed by atoms with van der Waals surface area (Å²) in [6.07, 6.45) is 3.77. The molecule has 1 heterocycles. The third-order valence-corrected chi connectivity index (χ3v) is 5.37. The zero-order valence-electron chi connectivity index (χ0n) is 15.2. The third kappa shape index (κ3) is 6.17. The van der Waals surface area contributed by atoms with E-state index in [-0.39, 0.29) is 15.8 Å². The zero-order chi connectivity index (χ0) is 18.4. The molecule has 0 radical (unpaired) electrons. The minimum absolute atomic E-state index is 0.0456. The van der Waals surface area contributed by atoms with E-state index in [0.717, 1.165) is 31.5 Å². The molecule has 0 bridgehead atoms. The summed E-state index contributed by atoms with van der Waals surface area (Å²) in [6.45, 7) is 12.5. The van der Waals surface area contributed by atoms with E-state index in [1.807, 2.05) is 0 Å². The molecule has 0 aromatic heterocycles. The topological polar surface area (TPSA) is 33.3 Å². The van der Waals surface area contributed by atoms with Gasteiger partial charge in [0.25, 0.3) is 0 Å². The Bertz CT molecular complexity index is 586. The first-order valence-corrected chi connectivity index (χ1v) is 9.88. The first kappa shape index (κ1) is 20.6. The molecule has 1 unspecified atom stereocenters. The lowest BCUT2D eigenvalue weighted by molar-refractivity contribution is 0.296. The van der Waals surface area contributed by atoms with Gasteiger partial charge in [-0.15, -0.1) is 0 Å². The summed E-state index contributed by atoms with van der Waals surface area (Å²) in [5, 5.41) is 3.52. The van der Waals surface area contributed by atoms with Crippen molar-refractivity contribution >= 4 is 23.5 Å². The molecule has 1 saturated heterocycles. The highest BCUT2D eigenvalue weighted by molar-refractivity contribution is 7.98. The van der Waals surface area contributed by atoms with Crippen LogP contribution in [-0.2, 0) is 0 Å². The molecule has 1 fully saturated rings. The molecular weight excluding hydrogens is 359 g/mol. The van der Waals surface area contributed by atoms with Crippen molar-refractivity contribution in [1.82, 2.24) is 10.0 Å². The van der Waals surface area contributed by atoms with Gasteiger partial charge in [0.05, 0.1) is 5.02 Å². The van der Waals surface area contributed by atoms with Crippen LogP contribution in [-0.4, -0.2) is 24.4 Å². The molecule has 0 aliphatic carbocycles. The van der Waals surface area contributed by atoms with Crippen LogP contribution in [0.1, 0.15) is 45.2 Å². The van der Waals surface area contributed by atoms with Crippen molar-refractivity contribution in [2.75, 3.05) is 19.7 Å². The summed E-state index contributed by atoms with van der Waals surface area (Å²) in [4.78, 5) is 0. The van der Waals surface area contributed by atoms with E-state index < -0.39 is 5.82 Å². The molecule has 1 aliphatic heterocycles. The lowest BCUT2D eigenvalue weighted by atomic mass is 9.86. The van der Waals surface area contributed by atoms with E-state index >= 15 is 0 Å². The van der Waals surface area contributed by atoms with Crippen LogP contribution >= 0.6 is 23.5 Å². The van der Waals surface area contributed by atoms with Gasteiger partial charge in [0.2, 0.25) is 0 Å². The average Bonchev–Trinajstić information content (AvgIpc) is 2.56. The van der Waals surface area contributed by atoms with Gasteiger partial charge >= 0.3 is 0 Å². The standard InChI is InChI=1S/C19H28ClFN2OS/c1-5-10-24-17-12-16(21)15(20)11-14(17)18(23-25-19(2,3)4)13-6-8-22-9-7-13/h5,11-13,18,22-23H,1,6-10H2,2-4H3. The van der Waals surface area contributed by atoms with Gasteiger partial charge in [0, 0.05) is 22.4 Å². The molecule has 1 aromatic rings. The second-order valence-electron chi connectivity index (χ2n) is 7.30. The van der Waals surface area contributed by atoms with E-state index in [0.29, 0.717) is 18.3 Å². The van der Waals surface area contributed by atoms with Gasteiger partial charge in [-0.1, -0.05) is 36.2 Å². The zero-order valence-corrected chi connectivity index (χ0v) is 16.8. The second kappa shape index (κ2) is 9.26. The van der Waals surface area contributed by atoms with E-state index in [9.17, 15) is 4.39 Å². The maximum atomic E-state index is 14.0. The lowest BCUT2D eigenvalue weighted by Gasteiger charge is -2.34. The Balaban J connectivity index is 2.36. The van der Waals surface area contributed by atoms with Crippen LogP contribution in [0.5, 0.6) is 5.75 Å². The van der Waals surface area contributed by atoms with E-state index in [4.69, 9.17) is 16.3 Å². The smallest absolute Gasteiger partial charge is 0.145 e. The van der Waals surface area contributed by atoms with E-state index in [1.165, 1.54) is 6.07 Å². The van der Waals surface area contributed by atoms with Crippen molar-refractivity contribution in [3.8, 4) is 5.75 Å². The molecule has 3 nitrogen and oxygen atoms in total. The van der Waals surface area contributed by atoms with Crippen molar-refractivity contribution in [3.05, 3.63) is 41.2 Å². The number of benzene rings is 1. The van der Waals surface area contributed by atoms with Gasteiger partial charge in [0.15, 0.2) is 0 Å². The quantitative estimate of drug-likeness (QED) is 0.503. The fraction of sp³-hybridized carbons (Fsp3) is 0.579. The minimum atomic E-state index is -0.461. The Morgan fingerprint density at radius 2 is 2.12 bits per heavy atom. The van der Waals surface area contributed by atoms with Gasteiger partial charge in [-0.25, -0.2) is 4.39 Å². The monoisotopic (exact) mass is 386 g/mol. The first-order chi connectivity index (χ1) is 11.8. The number of ether oxygens (including phenoxy) is 1. The number of nitrogens with one attached hydrogen (secondary N) is 2. The largest absolute Gasteiger partial charge is 0.489 e. The fourth-order valence-corrected chi connectivity index (χ4v) is 3.86. The van der Waals surface area contributed by atoms with Crippen molar-refractivity contribution in [2.45, 2.75) is 44.4 Å². The van der Waals surface area contributed by atoms with E-state index in [2.05, 4.69) is 37.4 Å². The number of hydrogen-bond acceptors (Lipinski definition) is 4. The minimum Gasteiger partial charge on any atom is -0.489 e. The summed E-state index contributed by atoms with van der Waals surface area (Å²) in [5.41, 5.74) is 0.914. The summed E-state index contributed by atoms with van der Waals surface area (Å²) in [5.74, 6) is 0.507. The van der Waals surface area contributed by atoms with Gasteiger partial charge in [-0.05, 0) is 58.7 Å². The van der Waals surface area contributed by atoms with Crippen LogP contribution < -0.4 is 14.8 Å². The SMILES string of the molecule is C=CCOc1cc(F)c(Cl)cc1C(NSC(C)(C)C)C1CCNCC1. The maximum absolute atomic E-state index is 14.0. The number of rotatable bonds is 7. The fourth-order valence-electron chi connectivity index (χ4n) is 2.89. The van der Waals surface area contributed by atoms with Crippen molar-refractivity contribution < 1.29 is 9.13 Å². The van der Waals surface area contributed by atoms with Gasteiger partial charge < -0.3 is 10.1 Å². The Morgan fingerprint density at radius 1 is 1.44 bits per heavy atom. The molecule has 1 atom stereocenters. The molecular formula is C19H28ClFN2OS. The molecule has 6 heteroatoms. The highest BCUT2D eigenvalue weighted by atomic mass is 35.5. The molecule has 2 N–H and O–H groups in total. The highest BCUT2D eigenvalue weighted by Crippen LogP contribution is 2.39. The van der Waals surface area contributed by atoms with Crippen LogP contribution in [0.3, 0.4) is 0 Å². The van der Waals surface area contributed by atoms with Crippen molar-refractivity contribution in [1.29, 1.82) is 0 Å². The summed E-state index contributed by atoms with van der Waals surface area (Å²) in [6, 6.07) is 3.14. The highest BCUT2D eigenvalue weighted by Gasteiger charge is 2.29. The Hall–Kier alpha value is -0.750. The molecule has 2 rings (SSSR count).